The summed E-state index contributed by atoms with van der Waals surface area (Å²) in [6.45, 7) is 8.41. The molecular formula is C15H17N. The fourth-order valence-corrected chi connectivity index (χ4v) is 1.89. The standard InChI is InChI=1S/C15H17N/c1-10-5-6-11(2)14(9-10)15-12(3)7-8-13(4)16-15/h5-9H,1-4H3. The van der Waals surface area contributed by atoms with Crippen LogP contribution in [-0.2, 0) is 0 Å². The highest BCUT2D eigenvalue weighted by Gasteiger charge is 2.07. The summed E-state index contributed by atoms with van der Waals surface area (Å²) in [6, 6.07) is 10.7. The van der Waals surface area contributed by atoms with E-state index in [0.717, 1.165) is 11.4 Å². The van der Waals surface area contributed by atoms with Gasteiger partial charge in [-0.05, 0) is 51.0 Å². The minimum absolute atomic E-state index is 1.07. The zero-order chi connectivity index (χ0) is 11.7. The molecule has 0 amide bonds. The monoisotopic (exact) mass is 211 g/mol. The van der Waals surface area contributed by atoms with Crippen molar-refractivity contribution < 1.29 is 0 Å². The molecule has 0 radical (unpaired) electrons. The number of hydrogen-bond acceptors (Lipinski definition) is 1. The van der Waals surface area contributed by atoms with E-state index in [1.807, 2.05) is 6.92 Å². The number of benzene rings is 1. The molecule has 0 N–H and O–H groups in total. The lowest BCUT2D eigenvalue weighted by molar-refractivity contribution is 1.17. The molecule has 0 atom stereocenters. The molecule has 16 heavy (non-hydrogen) atoms. The van der Waals surface area contributed by atoms with E-state index < -0.39 is 0 Å². The van der Waals surface area contributed by atoms with Crippen LogP contribution in [0.15, 0.2) is 30.3 Å². The first-order chi connectivity index (χ1) is 7.58. The largest absolute Gasteiger partial charge is 0.253 e. The summed E-state index contributed by atoms with van der Waals surface area (Å²) < 4.78 is 0. The molecule has 0 saturated carbocycles. The van der Waals surface area contributed by atoms with Gasteiger partial charge in [-0.1, -0.05) is 23.8 Å². The van der Waals surface area contributed by atoms with E-state index in [-0.39, 0.29) is 0 Å². The molecule has 1 heterocycles. The van der Waals surface area contributed by atoms with E-state index in [2.05, 4.69) is 56.1 Å². The molecule has 2 rings (SSSR count). The van der Waals surface area contributed by atoms with Crippen LogP contribution in [0.4, 0.5) is 0 Å². The van der Waals surface area contributed by atoms with E-state index in [4.69, 9.17) is 0 Å². The summed E-state index contributed by atoms with van der Waals surface area (Å²) in [5.41, 5.74) is 7.23. The fourth-order valence-electron chi connectivity index (χ4n) is 1.89. The van der Waals surface area contributed by atoms with Gasteiger partial charge in [0.05, 0.1) is 5.69 Å². The van der Waals surface area contributed by atoms with E-state index >= 15 is 0 Å². The second kappa shape index (κ2) is 4.09. The molecule has 1 aromatic heterocycles. The Hall–Kier alpha value is -1.63. The second-order valence-electron chi connectivity index (χ2n) is 4.44. The van der Waals surface area contributed by atoms with Crippen LogP contribution in [-0.4, -0.2) is 4.98 Å². The van der Waals surface area contributed by atoms with Crippen molar-refractivity contribution in [1.82, 2.24) is 4.98 Å². The molecule has 0 fully saturated rings. The SMILES string of the molecule is Cc1ccc(C)c(-c2nc(C)ccc2C)c1. The van der Waals surface area contributed by atoms with Crippen molar-refractivity contribution in [2.45, 2.75) is 27.7 Å². The van der Waals surface area contributed by atoms with Gasteiger partial charge in [0.15, 0.2) is 0 Å². The molecule has 0 saturated heterocycles. The number of nitrogens with zero attached hydrogens (tertiary/aromatic N) is 1. The van der Waals surface area contributed by atoms with Crippen molar-refractivity contribution in [2.75, 3.05) is 0 Å². The van der Waals surface area contributed by atoms with Crippen molar-refractivity contribution in [2.24, 2.45) is 0 Å². The molecule has 82 valence electrons. The zero-order valence-corrected chi connectivity index (χ0v) is 10.3. The Morgan fingerprint density at radius 3 is 2.25 bits per heavy atom. The molecule has 0 unspecified atom stereocenters. The van der Waals surface area contributed by atoms with Gasteiger partial charge in [-0.2, -0.15) is 0 Å². The Bertz CT molecular complexity index is 477. The van der Waals surface area contributed by atoms with Gasteiger partial charge in [0.2, 0.25) is 0 Å². The van der Waals surface area contributed by atoms with Gasteiger partial charge in [-0.15, -0.1) is 0 Å². The van der Waals surface area contributed by atoms with Crippen molar-refractivity contribution in [3.63, 3.8) is 0 Å². The normalized spacial score (nSPS) is 10.5. The summed E-state index contributed by atoms with van der Waals surface area (Å²) in [5, 5.41) is 0. The summed E-state index contributed by atoms with van der Waals surface area (Å²) in [6.07, 6.45) is 0. The van der Waals surface area contributed by atoms with Gasteiger partial charge in [0.1, 0.15) is 0 Å². The first-order valence-corrected chi connectivity index (χ1v) is 5.60. The lowest BCUT2D eigenvalue weighted by atomic mass is 9.99. The molecule has 1 heteroatoms. The Kier molecular flexibility index (Phi) is 2.78. The lowest BCUT2D eigenvalue weighted by Gasteiger charge is -2.10. The van der Waals surface area contributed by atoms with Crippen LogP contribution in [0.2, 0.25) is 0 Å². The first kappa shape index (κ1) is 10.9. The number of aryl methyl sites for hydroxylation is 4. The second-order valence-corrected chi connectivity index (χ2v) is 4.44. The van der Waals surface area contributed by atoms with Gasteiger partial charge in [-0.25, -0.2) is 0 Å². The van der Waals surface area contributed by atoms with Crippen LogP contribution in [0.3, 0.4) is 0 Å². The number of pyridine rings is 1. The molecule has 2 aromatic rings. The third kappa shape index (κ3) is 1.99. The van der Waals surface area contributed by atoms with Crippen LogP contribution >= 0.6 is 0 Å². The molecule has 0 bridgehead atoms. The predicted octanol–water partition coefficient (Wildman–Crippen LogP) is 3.98. The van der Waals surface area contributed by atoms with Crippen molar-refractivity contribution in [3.05, 3.63) is 52.7 Å². The van der Waals surface area contributed by atoms with Crippen molar-refractivity contribution in [1.29, 1.82) is 0 Å². The number of rotatable bonds is 1. The topological polar surface area (TPSA) is 12.9 Å². The Balaban J connectivity index is 2.66. The van der Waals surface area contributed by atoms with E-state index in [0.29, 0.717) is 0 Å². The van der Waals surface area contributed by atoms with Gasteiger partial charge < -0.3 is 0 Å². The Morgan fingerprint density at radius 1 is 0.812 bits per heavy atom. The molecule has 0 aliphatic rings. The average molecular weight is 211 g/mol. The molecule has 0 aliphatic carbocycles. The maximum Gasteiger partial charge on any atom is 0.0737 e. The van der Waals surface area contributed by atoms with Crippen molar-refractivity contribution in [3.8, 4) is 11.3 Å². The Morgan fingerprint density at radius 2 is 1.50 bits per heavy atom. The van der Waals surface area contributed by atoms with Gasteiger partial charge in [0.25, 0.3) is 0 Å². The maximum atomic E-state index is 4.64. The molecular weight excluding hydrogens is 194 g/mol. The third-order valence-corrected chi connectivity index (χ3v) is 2.88. The minimum Gasteiger partial charge on any atom is -0.253 e. The van der Waals surface area contributed by atoms with Crippen LogP contribution in [0.5, 0.6) is 0 Å². The van der Waals surface area contributed by atoms with Crippen molar-refractivity contribution >= 4 is 0 Å². The first-order valence-electron chi connectivity index (χ1n) is 5.60. The van der Waals surface area contributed by atoms with Gasteiger partial charge in [-0.3, -0.25) is 4.98 Å². The molecule has 1 aromatic carbocycles. The predicted molar refractivity (Wildman–Crippen MR) is 68.6 cm³/mol. The molecule has 0 spiro atoms. The maximum absolute atomic E-state index is 4.64. The number of aromatic nitrogens is 1. The van der Waals surface area contributed by atoms with E-state index in [9.17, 15) is 0 Å². The minimum atomic E-state index is 1.07. The zero-order valence-electron chi connectivity index (χ0n) is 10.3. The van der Waals surface area contributed by atoms with Crippen LogP contribution in [0.1, 0.15) is 22.4 Å². The van der Waals surface area contributed by atoms with Gasteiger partial charge in [0, 0.05) is 11.3 Å². The molecule has 0 aliphatic heterocycles. The smallest absolute Gasteiger partial charge is 0.0737 e. The quantitative estimate of drug-likeness (QED) is 0.695. The summed E-state index contributed by atoms with van der Waals surface area (Å²) in [5.74, 6) is 0. The lowest BCUT2D eigenvalue weighted by Crippen LogP contribution is -1.93. The van der Waals surface area contributed by atoms with Crippen LogP contribution < -0.4 is 0 Å². The van der Waals surface area contributed by atoms with E-state index in [1.54, 1.807) is 0 Å². The van der Waals surface area contributed by atoms with E-state index in [1.165, 1.54) is 22.3 Å². The highest BCUT2D eigenvalue weighted by Crippen LogP contribution is 2.25. The third-order valence-electron chi connectivity index (χ3n) is 2.88. The van der Waals surface area contributed by atoms with Gasteiger partial charge >= 0.3 is 0 Å². The van der Waals surface area contributed by atoms with Crippen LogP contribution in [0.25, 0.3) is 11.3 Å². The Labute approximate surface area is 97.2 Å². The average Bonchev–Trinajstić information content (AvgIpc) is 2.25. The van der Waals surface area contributed by atoms with Crippen LogP contribution in [0, 0.1) is 27.7 Å². The highest BCUT2D eigenvalue weighted by atomic mass is 14.7. The summed E-state index contributed by atoms with van der Waals surface area (Å²) >= 11 is 0. The summed E-state index contributed by atoms with van der Waals surface area (Å²) in [7, 11) is 0. The highest BCUT2D eigenvalue weighted by molar-refractivity contribution is 5.67. The summed E-state index contributed by atoms with van der Waals surface area (Å²) in [4.78, 5) is 4.64. The molecule has 1 nitrogen and oxygen atoms in total. The fraction of sp³-hybridized carbons (Fsp3) is 0.267. The number of hydrogen-bond donors (Lipinski definition) is 0.